The minimum absolute atomic E-state index is 0.305. The van der Waals surface area contributed by atoms with E-state index >= 15 is 0 Å². The molecule has 3 rings (SSSR count). The van der Waals surface area contributed by atoms with Crippen LogP contribution >= 0.6 is 11.3 Å². The molecule has 0 saturated heterocycles. The summed E-state index contributed by atoms with van der Waals surface area (Å²) in [6.07, 6.45) is 5.20. The van der Waals surface area contributed by atoms with Crippen LogP contribution in [0.3, 0.4) is 0 Å². The monoisotopic (exact) mass is 263 g/mol. The van der Waals surface area contributed by atoms with Crippen molar-refractivity contribution >= 4 is 11.3 Å². The molecule has 2 heterocycles. The molecule has 0 amide bonds. The Bertz CT molecular complexity index is 520. The molecule has 0 bridgehead atoms. The number of hydrogen-bond acceptors (Lipinski definition) is 5. The molecule has 1 atom stereocenters. The average Bonchev–Trinajstić information content (AvgIpc) is 3.04. The van der Waals surface area contributed by atoms with Gasteiger partial charge in [0.05, 0.1) is 5.92 Å². The molecule has 1 aliphatic carbocycles. The highest BCUT2D eigenvalue weighted by molar-refractivity contribution is 7.10. The second kappa shape index (κ2) is 5.20. The van der Waals surface area contributed by atoms with Crippen molar-refractivity contribution in [1.29, 1.82) is 0 Å². The average molecular weight is 263 g/mol. The molecule has 2 N–H and O–H groups in total. The normalized spacial score (nSPS) is 18.8. The van der Waals surface area contributed by atoms with Gasteiger partial charge in [-0.1, -0.05) is 0 Å². The summed E-state index contributed by atoms with van der Waals surface area (Å²) in [4.78, 5) is 1.48. The Kier molecular flexibility index (Phi) is 3.43. The fraction of sp³-hybridized carbons (Fsp3) is 0.538. The quantitative estimate of drug-likeness (QED) is 0.920. The van der Waals surface area contributed by atoms with Crippen molar-refractivity contribution in [3.05, 3.63) is 33.7 Å². The lowest BCUT2D eigenvalue weighted by Gasteiger charge is -2.18. The van der Waals surface area contributed by atoms with E-state index in [2.05, 4.69) is 21.6 Å². The van der Waals surface area contributed by atoms with E-state index in [1.165, 1.54) is 23.3 Å². The highest BCUT2D eigenvalue weighted by atomic mass is 32.1. The number of thiophene rings is 1. The van der Waals surface area contributed by atoms with Gasteiger partial charge in [-0.15, -0.1) is 21.5 Å². The summed E-state index contributed by atoms with van der Waals surface area (Å²) in [5, 5.41) is 10.5. The molecule has 2 aromatic rings. The van der Waals surface area contributed by atoms with Crippen molar-refractivity contribution < 1.29 is 4.42 Å². The summed E-state index contributed by atoms with van der Waals surface area (Å²) in [6.45, 7) is 0.663. The molecule has 1 unspecified atom stereocenters. The lowest BCUT2D eigenvalue weighted by atomic mass is 9.88. The first kappa shape index (κ1) is 11.9. The zero-order valence-corrected chi connectivity index (χ0v) is 11.1. The number of aryl methyl sites for hydroxylation is 2. The van der Waals surface area contributed by atoms with Crippen LogP contribution in [0.5, 0.6) is 0 Å². The molecular formula is C13H17N3OS. The van der Waals surface area contributed by atoms with Gasteiger partial charge in [-0.25, -0.2) is 0 Å². The summed E-state index contributed by atoms with van der Waals surface area (Å²) in [5.74, 6) is 1.80. The fourth-order valence-electron chi connectivity index (χ4n) is 2.50. The standard InChI is InChI=1S/C13H17N3OS/c14-7-2-5-12-15-16-13(17-12)10-3-1-4-11-9(10)6-8-18-11/h6,8,10H,1-5,7,14H2. The third kappa shape index (κ3) is 2.20. The van der Waals surface area contributed by atoms with E-state index in [9.17, 15) is 0 Å². The van der Waals surface area contributed by atoms with Crippen LogP contribution in [-0.2, 0) is 12.8 Å². The third-order valence-corrected chi connectivity index (χ3v) is 4.42. The molecular weight excluding hydrogens is 246 g/mol. The van der Waals surface area contributed by atoms with E-state index in [0.29, 0.717) is 12.5 Å². The molecule has 96 valence electrons. The predicted octanol–water partition coefficient (Wildman–Crippen LogP) is 2.49. The summed E-state index contributed by atoms with van der Waals surface area (Å²) < 4.78 is 5.78. The van der Waals surface area contributed by atoms with Gasteiger partial charge in [-0.05, 0) is 49.2 Å². The van der Waals surface area contributed by atoms with Gasteiger partial charge in [0.25, 0.3) is 0 Å². The predicted molar refractivity (Wildman–Crippen MR) is 70.8 cm³/mol. The molecule has 18 heavy (non-hydrogen) atoms. The number of hydrogen-bond donors (Lipinski definition) is 1. The second-order valence-electron chi connectivity index (χ2n) is 4.67. The molecule has 0 spiro atoms. The van der Waals surface area contributed by atoms with E-state index in [1.807, 2.05) is 11.3 Å². The lowest BCUT2D eigenvalue weighted by molar-refractivity contribution is 0.412. The Morgan fingerprint density at radius 3 is 3.28 bits per heavy atom. The minimum Gasteiger partial charge on any atom is -0.425 e. The van der Waals surface area contributed by atoms with Gasteiger partial charge in [0.15, 0.2) is 0 Å². The largest absolute Gasteiger partial charge is 0.425 e. The molecule has 0 aliphatic heterocycles. The smallest absolute Gasteiger partial charge is 0.224 e. The zero-order valence-electron chi connectivity index (χ0n) is 10.3. The number of fused-ring (bicyclic) bond motifs is 1. The first-order valence-corrected chi connectivity index (χ1v) is 7.35. The highest BCUT2D eigenvalue weighted by Gasteiger charge is 2.27. The van der Waals surface area contributed by atoms with E-state index < -0.39 is 0 Å². The lowest BCUT2D eigenvalue weighted by Crippen LogP contribution is -2.08. The number of rotatable bonds is 4. The van der Waals surface area contributed by atoms with Crippen LogP contribution in [0.1, 0.15) is 47.4 Å². The van der Waals surface area contributed by atoms with Gasteiger partial charge in [-0.3, -0.25) is 0 Å². The van der Waals surface area contributed by atoms with Crippen molar-refractivity contribution in [1.82, 2.24) is 10.2 Å². The molecule has 2 aromatic heterocycles. The van der Waals surface area contributed by atoms with Gasteiger partial charge in [0, 0.05) is 11.3 Å². The van der Waals surface area contributed by atoms with Gasteiger partial charge in [-0.2, -0.15) is 0 Å². The topological polar surface area (TPSA) is 64.9 Å². The second-order valence-corrected chi connectivity index (χ2v) is 5.67. The Balaban J connectivity index is 1.82. The molecule has 1 aliphatic rings. The van der Waals surface area contributed by atoms with Crippen molar-refractivity contribution in [2.24, 2.45) is 5.73 Å². The number of nitrogens with two attached hydrogens (primary N) is 1. The molecule has 0 radical (unpaired) electrons. The fourth-order valence-corrected chi connectivity index (χ4v) is 3.49. The van der Waals surface area contributed by atoms with Gasteiger partial charge < -0.3 is 10.2 Å². The Hall–Kier alpha value is -1.20. The van der Waals surface area contributed by atoms with Crippen LogP contribution in [0.2, 0.25) is 0 Å². The van der Waals surface area contributed by atoms with Crippen molar-refractivity contribution in [2.75, 3.05) is 6.54 Å². The SMILES string of the molecule is NCCCc1nnc(C2CCCc3sccc32)o1. The van der Waals surface area contributed by atoms with Gasteiger partial charge in [0.1, 0.15) is 0 Å². The summed E-state index contributed by atoms with van der Waals surface area (Å²) >= 11 is 1.84. The Morgan fingerprint density at radius 1 is 1.44 bits per heavy atom. The van der Waals surface area contributed by atoms with Gasteiger partial charge in [0.2, 0.25) is 11.8 Å². The third-order valence-electron chi connectivity index (χ3n) is 3.43. The number of aromatic nitrogens is 2. The van der Waals surface area contributed by atoms with E-state index in [0.717, 1.165) is 31.0 Å². The summed E-state index contributed by atoms with van der Waals surface area (Å²) in [7, 11) is 0. The maximum atomic E-state index is 5.78. The minimum atomic E-state index is 0.305. The molecule has 5 heteroatoms. The molecule has 0 saturated carbocycles. The van der Waals surface area contributed by atoms with E-state index in [4.69, 9.17) is 10.2 Å². The first-order valence-electron chi connectivity index (χ1n) is 6.47. The Labute approximate surface area is 110 Å². The van der Waals surface area contributed by atoms with Crippen LogP contribution in [0.25, 0.3) is 0 Å². The molecule has 0 fully saturated rings. The van der Waals surface area contributed by atoms with Gasteiger partial charge >= 0.3 is 0 Å². The van der Waals surface area contributed by atoms with Crippen molar-refractivity contribution in [3.63, 3.8) is 0 Å². The van der Waals surface area contributed by atoms with Crippen LogP contribution < -0.4 is 5.73 Å². The van der Waals surface area contributed by atoms with Crippen molar-refractivity contribution in [2.45, 2.75) is 38.0 Å². The van der Waals surface area contributed by atoms with E-state index in [1.54, 1.807) is 0 Å². The highest BCUT2D eigenvalue weighted by Crippen LogP contribution is 2.38. The first-order chi connectivity index (χ1) is 8.88. The molecule has 0 aromatic carbocycles. The maximum Gasteiger partial charge on any atom is 0.224 e. The van der Waals surface area contributed by atoms with E-state index in [-0.39, 0.29) is 0 Å². The summed E-state index contributed by atoms with van der Waals surface area (Å²) in [6, 6.07) is 2.20. The van der Waals surface area contributed by atoms with Crippen LogP contribution in [-0.4, -0.2) is 16.7 Å². The Morgan fingerprint density at radius 2 is 2.39 bits per heavy atom. The maximum absolute atomic E-state index is 5.78. The number of nitrogens with zero attached hydrogens (tertiary/aromatic N) is 2. The molecule has 4 nitrogen and oxygen atoms in total. The zero-order chi connectivity index (χ0) is 12.4. The van der Waals surface area contributed by atoms with Crippen LogP contribution in [0.15, 0.2) is 15.9 Å². The van der Waals surface area contributed by atoms with Crippen LogP contribution in [0.4, 0.5) is 0 Å². The van der Waals surface area contributed by atoms with Crippen molar-refractivity contribution in [3.8, 4) is 0 Å². The van der Waals surface area contributed by atoms with Crippen LogP contribution in [0, 0.1) is 0 Å². The summed E-state index contributed by atoms with van der Waals surface area (Å²) in [5.41, 5.74) is 6.88.